The molecule has 0 saturated heterocycles. The molecule has 19 heavy (non-hydrogen) atoms. The van der Waals surface area contributed by atoms with Crippen LogP contribution in [0.25, 0.3) is 0 Å². The minimum Gasteiger partial charge on any atom is -0.312 e. The molecule has 0 amide bonds. The van der Waals surface area contributed by atoms with E-state index in [0.29, 0.717) is 12.0 Å². The second-order valence-electron chi connectivity index (χ2n) is 4.75. The molecule has 2 rings (SSSR count). The molecule has 0 spiro atoms. The third kappa shape index (κ3) is 3.28. The van der Waals surface area contributed by atoms with E-state index in [1.807, 2.05) is 11.3 Å². The fraction of sp³-hybridized carbons (Fsp3) is 0.375. The molecule has 0 fully saturated rings. The van der Waals surface area contributed by atoms with Crippen molar-refractivity contribution in [3.05, 3.63) is 56.2 Å². The molecule has 3 heteroatoms. The normalized spacial score (nSPS) is 14.3. The van der Waals surface area contributed by atoms with Crippen molar-refractivity contribution in [1.29, 1.82) is 0 Å². The first-order valence-electron chi connectivity index (χ1n) is 6.65. The van der Waals surface area contributed by atoms with Gasteiger partial charge in [0, 0.05) is 16.8 Å². The lowest BCUT2D eigenvalue weighted by molar-refractivity contribution is 0.467. The maximum Gasteiger partial charge on any atom is 0.0704 e. The minimum absolute atomic E-state index is 0.370. The molecule has 102 valence electrons. The van der Waals surface area contributed by atoms with Gasteiger partial charge in [-0.05, 0) is 53.5 Å². The van der Waals surface area contributed by atoms with Gasteiger partial charge in [-0.15, -0.1) is 11.3 Å². The SMILES string of the molecule is CCC(c1ccccc1)C(NC)c1cc(Br)sc1C. The van der Waals surface area contributed by atoms with E-state index in [9.17, 15) is 0 Å². The van der Waals surface area contributed by atoms with Crippen molar-refractivity contribution in [2.24, 2.45) is 0 Å². The van der Waals surface area contributed by atoms with Crippen LogP contribution in [0.4, 0.5) is 0 Å². The topological polar surface area (TPSA) is 12.0 Å². The standard InChI is InChI=1S/C16H20BrNS/c1-4-13(12-8-6-5-7-9-12)16(18-3)14-10-15(17)19-11(14)2/h5-10,13,16,18H,4H2,1-3H3. The Morgan fingerprint density at radius 2 is 1.95 bits per heavy atom. The molecule has 1 aromatic carbocycles. The quantitative estimate of drug-likeness (QED) is 0.783. The number of aryl methyl sites for hydroxylation is 1. The highest BCUT2D eigenvalue weighted by molar-refractivity contribution is 9.11. The Morgan fingerprint density at radius 3 is 2.42 bits per heavy atom. The molecule has 1 aromatic heterocycles. The molecule has 1 heterocycles. The number of halogens is 1. The Hall–Kier alpha value is -0.640. The van der Waals surface area contributed by atoms with Gasteiger partial charge in [-0.25, -0.2) is 0 Å². The predicted octanol–water partition coefficient (Wildman–Crippen LogP) is 5.27. The molecule has 0 aliphatic carbocycles. The predicted molar refractivity (Wildman–Crippen MR) is 88.0 cm³/mol. The molecule has 1 nitrogen and oxygen atoms in total. The van der Waals surface area contributed by atoms with Gasteiger partial charge in [0.25, 0.3) is 0 Å². The monoisotopic (exact) mass is 337 g/mol. The van der Waals surface area contributed by atoms with E-state index in [2.05, 4.69) is 78.5 Å². The molecule has 1 N–H and O–H groups in total. The van der Waals surface area contributed by atoms with E-state index in [-0.39, 0.29) is 0 Å². The van der Waals surface area contributed by atoms with Crippen LogP contribution in [0.1, 0.15) is 41.3 Å². The van der Waals surface area contributed by atoms with E-state index >= 15 is 0 Å². The van der Waals surface area contributed by atoms with Crippen molar-refractivity contribution in [3.8, 4) is 0 Å². The molecule has 0 aliphatic rings. The first-order valence-corrected chi connectivity index (χ1v) is 8.26. The Kier molecular flexibility index (Phi) is 5.20. The first kappa shape index (κ1) is 14.8. The summed E-state index contributed by atoms with van der Waals surface area (Å²) in [6, 6.07) is 13.4. The molecule has 2 aromatic rings. The summed E-state index contributed by atoms with van der Waals surface area (Å²) in [5.41, 5.74) is 2.82. The minimum atomic E-state index is 0.370. The number of hydrogen-bond acceptors (Lipinski definition) is 2. The van der Waals surface area contributed by atoms with Gasteiger partial charge < -0.3 is 5.32 Å². The van der Waals surface area contributed by atoms with Crippen LogP contribution < -0.4 is 5.32 Å². The van der Waals surface area contributed by atoms with Crippen LogP contribution in [0.15, 0.2) is 40.2 Å². The van der Waals surface area contributed by atoms with E-state index in [1.54, 1.807) is 0 Å². The van der Waals surface area contributed by atoms with E-state index in [1.165, 1.54) is 19.8 Å². The maximum atomic E-state index is 3.60. The smallest absolute Gasteiger partial charge is 0.0704 e. The van der Waals surface area contributed by atoms with Crippen LogP contribution in [0.5, 0.6) is 0 Å². The number of rotatable bonds is 5. The molecule has 0 bridgehead atoms. The lowest BCUT2D eigenvalue weighted by atomic mass is 9.85. The number of thiophene rings is 1. The number of nitrogens with one attached hydrogen (secondary N) is 1. The Labute approximate surface area is 128 Å². The molecular weight excluding hydrogens is 318 g/mol. The summed E-state index contributed by atoms with van der Waals surface area (Å²) < 4.78 is 1.21. The average Bonchev–Trinajstić information content (AvgIpc) is 2.75. The first-order chi connectivity index (χ1) is 9.17. The highest BCUT2D eigenvalue weighted by atomic mass is 79.9. The number of hydrogen-bond donors (Lipinski definition) is 1. The zero-order chi connectivity index (χ0) is 13.8. The van der Waals surface area contributed by atoms with Crippen LogP contribution in [-0.2, 0) is 0 Å². The lowest BCUT2D eigenvalue weighted by Gasteiger charge is -2.26. The van der Waals surface area contributed by atoms with E-state index < -0.39 is 0 Å². The second-order valence-corrected chi connectivity index (χ2v) is 7.39. The van der Waals surface area contributed by atoms with Gasteiger partial charge in [0.1, 0.15) is 0 Å². The van der Waals surface area contributed by atoms with Gasteiger partial charge in [0.05, 0.1) is 3.79 Å². The third-order valence-electron chi connectivity index (χ3n) is 3.64. The lowest BCUT2D eigenvalue weighted by Crippen LogP contribution is -2.23. The second kappa shape index (κ2) is 6.69. The highest BCUT2D eigenvalue weighted by Gasteiger charge is 2.24. The summed E-state index contributed by atoms with van der Waals surface area (Å²) in [7, 11) is 2.06. The van der Waals surface area contributed by atoms with Gasteiger partial charge in [-0.2, -0.15) is 0 Å². The molecule has 2 atom stereocenters. The zero-order valence-corrected chi connectivity index (χ0v) is 14.0. The fourth-order valence-electron chi connectivity index (χ4n) is 2.70. The molecule has 0 radical (unpaired) electrons. The molecule has 0 saturated carbocycles. The van der Waals surface area contributed by atoms with Crippen LogP contribution in [0.2, 0.25) is 0 Å². The summed E-state index contributed by atoms with van der Waals surface area (Å²) in [5, 5.41) is 3.51. The Balaban J connectivity index is 2.37. The summed E-state index contributed by atoms with van der Waals surface area (Å²) in [5.74, 6) is 0.506. The number of likely N-dealkylation sites (N-methyl/N-ethyl adjacent to an activating group) is 1. The maximum absolute atomic E-state index is 3.60. The zero-order valence-electron chi connectivity index (χ0n) is 11.6. The van der Waals surface area contributed by atoms with E-state index in [4.69, 9.17) is 0 Å². The van der Waals surface area contributed by atoms with Crippen molar-refractivity contribution in [3.63, 3.8) is 0 Å². The van der Waals surface area contributed by atoms with Crippen molar-refractivity contribution >= 4 is 27.3 Å². The van der Waals surface area contributed by atoms with Crippen LogP contribution in [0, 0.1) is 6.92 Å². The van der Waals surface area contributed by atoms with Gasteiger partial charge >= 0.3 is 0 Å². The van der Waals surface area contributed by atoms with Gasteiger partial charge in [-0.3, -0.25) is 0 Å². The number of benzene rings is 1. The molecule has 2 unspecified atom stereocenters. The summed E-state index contributed by atoms with van der Waals surface area (Å²) in [6.45, 7) is 4.46. The highest BCUT2D eigenvalue weighted by Crippen LogP contribution is 2.38. The van der Waals surface area contributed by atoms with Crippen LogP contribution in [-0.4, -0.2) is 7.05 Å². The summed E-state index contributed by atoms with van der Waals surface area (Å²) in [4.78, 5) is 1.39. The largest absolute Gasteiger partial charge is 0.312 e. The van der Waals surface area contributed by atoms with Crippen LogP contribution in [0.3, 0.4) is 0 Å². The third-order valence-corrected chi connectivity index (χ3v) is 5.21. The van der Waals surface area contributed by atoms with Gasteiger partial charge in [-0.1, -0.05) is 37.3 Å². The molecular formula is C16H20BrNS. The molecule has 0 aliphatic heterocycles. The Bertz CT molecular complexity index is 521. The van der Waals surface area contributed by atoms with Crippen molar-refractivity contribution < 1.29 is 0 Å². The van der Waals surface area contributed by atoms with Gasteiger partial charge in [0.2, 0.25) is 0 Å². The average molecular weight is 338 g/mol. The van der Waals surface area contributed by atoms with Crippen molar-refractivity contribution in [1.82, 2.24) is 5.32 Å². The van der Waals surface area contributed by atoms with Crippen molar-refractivity contribution in [2.45, 2.75) is 32.2 Å². The van der Waals surface area contributed by atoms with Crippen molar-refractivity contribution in [2.75, 3.05) is 7.05 Å². The van der Waals surface area contributed by atoms with Crippen LogP contribution >= 0.6 is 27.3 Å². The summed E-state index contributed by atoms with van der Waals surface area (Å²) in [6.07, 6.45) is 1.13. The van der Waals surface area contributed by atoms with E-state index in [0.717, 1.165) is 6.42 Å². The summed E-state index contributed by atoms with van der Waals surface area (Å²) >= 11 is 5.41. The van der Waals surface area contributed by atoms with Gasteiger partial charge in [0.15, 0.2) is 0 Å². The fourth-order valence-corrected chi connectivity index (χ4v) is 4.46. The Morgan fingerprint density at radius 1 is 1.26 bits per heavy atom.